The number of likely N-dealkylation sites (tertiary alicyclic amines) is 1. The number of anilines is 1. The SMILES string of the molecule is CS(=O)(=O)[C@H]1CCN(Cc2ccc(NC(=O)NCc3ccc(Cl)cc3)cc2)C1. The van der Waals surface area contributed by atoms with E-state index in [2.05, 4.69) is 15.5 Å². The van der Waals surface area contributed by atoms with Crippen LogP contribution in [0.15, 0.2) is 48.5 Å². The normalized spacial score (nSPS) is 17.4. The van der Waals surface area contributed by atoms with Crippen molar-refractivity contribution in [3.05, 3.63) is 64.7 Å². The zero-order valence-corrected chi connectivity index (χ0v) is 17.3. The molecule has 1 fully saturated rings. The zero-order chi connectivity index (χ0) is 20.1. The van der Waals surface area contributed by atoms with Crippen LogP contribution < -0.4 is 10.6 Å². The summed E-state index contributed by atoms with van der Waals surface area (Å²) in [6, 6.07) is 14.6. The van der Waals surface area contributed by atoms with Crippen molar-refractivity contribution in [3.63, 3.8) is 0 Å². The van der Waals surface area contributed by atoms with Gasteiger partial charge in [0.1, 0.15) is 0 Å². The molecule has 2 aromatic carbocycles. The van der Waals surface area contributed by atoms with Gasteiger partial charge in [-0.3, -0.25) is 4.90 Å². The first-order chi connectivity index (χ1) is 13.3. The summed E-state index contributed by atoms with van der Waals surface area (Å²) in [6.45, 7) is 2.48. The molecule has 0 bridgehead atoms. The number of amides is 2. The Hall–Kier alpha value is -2.09. The minimum absolute atomic E-state index is 0.266. The first-order valence-corrected chi connectivity index (χ1v) is 11.4. The van der Waals surface area contributed by atoms with Gasteiger partial charge in [0.2, 0.25) is 0 Å². The van der Waals surface area contributed by atoms with E-state index in [-0.39, 0.29) is 11.3 Å². The minimum atomic E-state index is -2.98. The van der Waals surface area contributed by atoms with Crippen molar-refractivity contribution in [3.8, 4) is 0 Å². The number of nitrogens with one attached hydrogen (secondary N) is 2. The van der Waals surface area contributed by atoms with Crippen molar-refractivity contribution in [1.29, 1.82) is 0 Å². The lowest BCUT2D eigenvalue weighted by atomic mass is 10.2. The third-order valence-electron chi connectivity index (χ3n) is 4.82. The highest BCUT2D eigenvalue weighted by atomic mass is 35.5. The number of benzene rings is 2. The van der Waals surface area contributed by atoms with Crippen LogP contribution >= 0.6 is 11.6 Å². The van der Waals surface area contributed by atoms with Crippen LogP contribution in [0.5, 0.6) is 0 Å². The van der Waals surface area contributed by atoms with Gasteiger partial charge in [-0.2, -0.15) is 0 Å². The van der Waals surface area contributed by atoms with Gasteiger partial charge < -0.3 is 10.6 Å². The molecule has 3 rings (SSSR count). The van der Waals surface area contributed by atoms with Gasteiger partial charge in [0.05, 0.1) is 5.25 Å². The fourth-order valence-corrected chi connectivity index (χ4v) is 4.34. The number of carbonyl (C=O) groups excluding carboxylic acids is 1. The van der Waals surface area contributed by atoms with Gasteiger partial charge in [-0.05, 0) is 48.4 Å². The summed E-state index contributed by atoms with van der Waals surface area (Å²) < 4.78 is 23.3. The molecule has 1 aliphatic heterocycles. The van der Waals surface area contributed by atoms with Crippen LogP contribution in [0.25, 0.3) is 0 Å². The molecule has 1 atom stereocenters. The molecule has 2 aromatic rings. The third-order valence-corrected chi connectivity index (χ3v) is 6.67. The molecular formula is C20H24ClN3O3S. The third kappa shape index (κ3) is 5.95. The Morgan fingerprint density at radius 1 is 1.11 bits per heavy atom. The average molecular weight is 422 g/mol. The highest BCUT2D eigenvalue weighted by molar-refractivity contribution is 7.91. The molecule has 1 heterocycles. The Morgan fingerprint density at radius 2 is 1.75 bits per heavy atom. The molecule has 150 valence electrons. The van der Waals surface area contributed by atoms with Gasteiger partial charge in [-0.1, -0.05) is 35.9 Å². The van der Waals surface area contributed by atoms with Gasteiger partial charge >= 0.3 is 6.03 Å². The average Bonchev–Trinajstić information content (AvgIpc) is 3.12. The summed E-state index contributed by atoms with van der Waals surface area (Å²) in [4.78, 5) is 14.2. The van der Waals surface area contributed by atoms with Crippen molar-refractivity contribution in [2.24, 2.45) is 0 Å². The van der Waals surface area contributed by atoms with Crippen molar-refractivity contribution in [1.82, 2.24) is 10.2 Å². The first kappa shape index (κ1) is 20.6. The maximum Gasteiger partial charge on any atom is 0.319 e. The lowest BCUT2D eigenvalue weighted by molar-refractivity contribution is 0.251. The van der Waals surface area contributed by atoms with Crippen LogP contribution in [0.3, 0.4) is 0 Å². The van der Waals surface area contributed by atoms with Gasteiger partial charge in [0.15, 0.2) is 9.84 Å². The largest absolute Gasteiger partial charge is 0.334 e. The van der Waals surface area contributed by atoms with Crippen LogP contribution in [-0.4, -0.2) is 43.9 Å². The first-order valence-electron chi connectivity index (χ1n) is 9.09. The Morgan fingerprint density at radius 3 is 2.36 bits per heavy atom. The fourth-order valence-electron chi connectivity index (χ4n) is 3.20. The summed E-state index contributed by atoms with van der Waals surface area (Å²) in [7, 11) is -2.98. The molecule has 0 spiro atoms. The van der Waals surface area contributed by atoms with Crippen molar-refractivity contribution >= 4 is 33.2 Å². The van der Waals surface area contributed by atoms with E-state index >= 15 is 0 Å². The summed E-state index contributed by atoms with van der Waals surface area (Å²) in [5.74, 6) is 0. The standard InChI is InChI=1S/C20H24ClN3O3S/c1-28(26,27)19-10-11-24(14-19)13-16-4-8-18(9-5-16)23-20(25)22-12-15-2-6-17(21)7-3-15/h2-9,19H,10-14H2,1H3,(H2,22,23,25)/t19-/m0/s1. The molecule has 0 radical (unpaired) electrons. The molecule has 1 saturated heterocycles. The maximum atomic E-state index is 12.0. The molecule has 6 nitrogen and oxygen atoms in total. The Labute approximate surface area is 170 Å². The van der Waals surface area contributed by atoms with Crippen LogP contribution in [0, 0.1) is 0 Å². The van der Waals surface area contributed by atoms with E-state index in [0.717, 1.165) is 17.7 Å². The summed E-state index contributed by atoms with van der Waals surface area (Å²) in [6.07, 6.45) is 1.99. The molecule has 8 heteroatoms. The van der Waals surface area contributed by atoms with Crippen molar-refractivity contribution in [2.75, 3.05) is 24.7 Å². The Kier molecular flexibility index (Phi) is 6.59. The number of halogens is 1. The van der Waals surface area contributed by atoms with E-state index < -0.39 is 9.84 Å². The van der Waals surface area contributed by atoms with Crippen LogP contribution in [0.4, 0.5) is 10.5 Å². The number of hydrogen-bond acceptors (Lipinski definition) is 4. The minimum Gasteiger partial charge on any atom is -0.334 e. The maximum absolute atomic E-state index is 12.0. The Bertz CT molecular complexity index is 915. The van der Waals surface area contributed by atoms with E-state index in [9.17, 15) is 13.2 Å². The number of rotatable bonds is 6. The van der Waals surface area contributed by atoms with E-state index in [0.29, 0.717) is 36.8 Å². The second-order valence-corrected chi connectivity index (χ2v) is 9.87. The van der Waals surface area contributed by atoms with Gasteiger partial charge in [0.25, 0.3) is 0 Å². The van der Waals surface area contributed by atoms with E-state index in [4.69, 9.17) is 11.6 Å². The summed E-state index contributed by atoms with van der Waals surface area (Å²) >= 11 is 5.85. The molecule has 28 heavy (non-hydrogen) atoms. The van der Waals surface area contributed by atoms with E-state index in [1.807, 2.05) is 36.4 Å². The van der Waals surface area contributed by atoms with Crippen LogP contribution in [0.1, 0.15) is 17.5 Å². The van der Waals surface area contributed by atoms with E-state index in [1.165, 1.54) is 6.26 Å². The van der Waals surface area contributed by atoms with Gasteiger partial charge in [-0.25, -0.2) is 13.2 Å². The Balaban J connectivity index is 1.46. The smallest absolute Gasteiger partial charge is 0.319 e. The van der Waals surface area contributed by atoms with Crippen LogP contribution in [0.2, 0.25) is 5.02 Å². The number of hydrogen-bond donors (Lipinski definition) is 2. The summed E-state index contributed by atoms with van der Waals surface area (Å²) in [5.41, 5.74) is 2.75. The molecule has 2 amide bonds. The molecule has 0 aliphatic carbocycles. The second-order valence-electron chi connectivity index (χ2n) is 7.11. The lowest BCUT2D eigenvalue weighted by Crippen LogP contribution is -2.28. The molecule has 0 saturated carbocycles. The fraction of sp³-hybridized carbons (Fsp3) is 0.350. The number of sulfone groups is 1. The van der Waals surface area contributed by atoms with Gasteiger partial charge in [0, 0.05) is 36.6 Å². The molecular weight excluding hydrogens is 398 g/mol. The number of urea groups is 1. The second kappa shape index (κ2) is 8.94. The number of nitrogens with zero attached hydrogens (tertiary/aromatic N) is 1. The molecule has 0 aromatic heterocycles. The predicted octanol–water partition coefficient (Wildman–Crippen LogP) is 3.28. The highest BCUT2D eigenvalue weighted by Crippen LogP contribution is 2.19. The molecule has 0 unspecified atom stereocenters. The molecule has 2 N–H and O–H groups in total. The topological polar surface area (TPSA) is 78.5 Å². The van der Waals surface area contributed by atoms with Gasteiger partial charge in [-0.15, -0.1) is 0 Å². The highest BCUT2D eigenvalue weighted by Gasteiger charge is 2.29. The predicted molar refractivity (Wildman–Crippen MR) is 112 cm³/mol. The van der Waals surface area contributed by atoms with Crippen molar-refractivity contribution < 1.29 is 13.2 Å². The van der Waals surface area contributed by atoms with Crippen LogP contribution in [-0.2, 0) is 22.9 Å². The van der Waals surface area contributed by atoms with Crippen molar-refractivity contribution in [2.45, 2.75) is 24.8 Å². The zero-order valence-electron chi connectivity index (χ0n) is 15.7. The quantitative estimate of drug-likeness (QED) is 0.750. The molecule has 1 aliphatic rings. The summed E-state index contributed by atoms with van der Waals surface area (Å²) in [5, 5.41) is 6.00. The number of carbonyl (C=O) groups is 1. The lowest BCUT2D eigenvalue weighted by Gasteiger charge is -2.16. The monoisotopic (exact) mass is 421 g/mol. The van der Waals surface area contributed by atoms with E-state index in [1.54, 1.807) is 12.1 Å².